The van der Waals surface area contributed by atoms with Gasteiger partial charge in [-0.25, -0.2) is 0 Å². The van der Waals surface area contributed by atoms with Gasteiger partial charge in [0.25, 0.3) is 0 Å². The van der Waals surface area contributed by atoms with E-state index in [1.54, 1.807) is 0 Å². The summed E-state index contributed by atoms with van der Waals surface area (Å²) in [5, 5.41) is 0.526. The van der Waals surface area contributed by atoms with Crippen LogP contribution in [0, 0.1) is 5.92 Å². The van der Waals surface area contributed by atoms with Crippen LogP contribution in [0.15, 0.2) is 0 Å². The van der Waals surface area contributed by atoms with Crippen LogP contribution in [0.1, 0.15) is 84.5 Å². The summed E-state index contributed by atoms with van der Waals surface area (Å²) in [5.41, 5.74) is 0. The van der Waals surface area contributed by atoms with Crippen LogP contribution in [-0.2, 0) is 0 Å². The average Bonchev–Trinajstić information content (AvgIpc) is 2.45. The van der Waals surface area contributed by atoms with Gasteiger partial charge in [0.05, 0.1) is 6.67 Å². The SMILES string of the molecule is CCCCCCC(CCCCCC)C(CCF)SSC. The summed E-state index contributed by atoms with van der Waals surface area (Å²) in [7, 11) is 3.73. The third kappa shape index (κ3) is 11.3. The molecule has 0 spiro atoms. The first-order valence-electron chi connectivity index (χ1n) is 8.55. The third-order valence-corrected chi connectivity index (χ3v) is 6.38. The van der Waals surface area contributed by atoms with Crippen molar-refractivity contribution in [2.75, 3.05) is 12.9 Å². The maximum Gasteiger partial charge on any atom is 0.0905 e. The molecule has 0 rings (SSSR count). The van der Waals surface area contributed by atoms with Gasteiger partial charge < -0.3 is 0 Å². The maximum absolute atomic E-state index is 12.8. The van der Waals surface area contributed by atoms with E-state index in [0.717, 1.165) is 12.3 Å². The van der Waals surface area contributed by atoms with Gasteiger partial charge in [0.15, 0.2) is 0 Å². The molecule has 0 bridgehead atoms. The quantitative estimate of drug-likeness (QED) is 0.229. The van der Waals surface area contributed by atoms with Crippen molar-refractivity contribution in [1.29, 1.82) is 0 Å². The molecule has 122 valence electrons. The molecule has 0 aromatic carbocycles. The molecule has 0 aliphatic rings. The van der Waals surface area contributed by atoms with Crippen LogP contribution in [0.3, 0.4) is 0 Å². The van der Waals surface area contributed by atoms with E-state index in [2.05, 4.69) is 20.1 Å². The minimum Gasteiger partial charge on any atom is -0.251 e. The summed E-state index contributed by atoms with van der Waals surface area (Å²) in [6, 6.07) is 0. The summed E-state index contributed by atoms with van der Waals surface area (Å²) in [6.45, 7) is 4.37. The van der Waals surface area contributed by atoms with Crippen LogP contribution in [0.4, 0.5) is 4.39 Å². The molecule has 0 saturated carbocycles. The fourth-order valence-electron chi connectivity index (χ4n) is 2.78. The normalized spacial score (nSPS) is 13.1. The molecule has 0 aromatic rings. The smallest absolute Gasteiger partial charge is 0.0905 e. The van der Waals surface area contributed by atoms with E-state index in [9.17, 15) is 4.39 Å². The first-order valence-corrected chi connectivity index (χ1v) is 11.2. The number of halogens is 1. The Labute approximate surface area is 134 Å². The van der Waals surface area contributed by atoms with Crippen molar-refractivity contribution in [3.8, 4) is 0 Å². The Kier molecular flexibility index (Phi) is 16.5. The highest BCUT2D eigenvalue weighted by Gasteiger charge is 2.21. The number of alkyl halides is 1. The van der Waals surface area contributed by atoms with Gasteiger partial charge in [0, 0.05) is 5.25 Å². The van der Waals surface area contributed by atoms with Crippen LogP contribution in [0.2, 0.25) is 0 Å². The van der Waals surface area contributed by atoms with Gasteiger partial charge in [-0.3, -0.25) is 4.39 Å². The largest absolute Gasteiger partial charge is 0.251 e. The van der Waals surface area contributed by atoms with Crippen molar-refractivity contribution in [2.45, 2.75) is 89.7 Å². The van der Waals surface area contributed by atoms with Crippen molar-refractivity contribution in [3.63, 3.8) is 0 Å². The molecule has 3 heteroatoms. The maximum atomic E-state index is 12.8. The molecule has 0 aromatic heterocycles. The third-order valence-electron chi connectivity index (χ3n) is 4.00. The van der Waals surface area contributed by atoms with Crippen molar-refractivity contribution in [3.05, 3.63) is 0 Å². The second kappa shape index (κ2) is 16.0. The van der Waals surface area contributed by atoms with Crippen molar-refractivity contribution < 1.29 is 4.39 Å². The molecule has 1 atom stereocenters. The number of hydrogen-bond donors (Lipinski definition) is 0. The Bertz CT molecular complexity index is 170. The lowest BCUT2D eigenvalue weighted by Gasteiger charge is -2.25. The van der Waals surface area contributed by atoms with Crippen LogP contribution in [-0.4, -0.2) is 18.2 Å². The van der Waals surface area contributed by atoms with Crippen LogP contribution in [0.25, 0.3) is 0 Å². The van der Waals surface area contributed by atoms with E-state index >= 15 is 0 Å². The highest BCUT2D eigenvalue weighted by atomic mass is 33.1. The van der Waals surface area contributed by atoms with E-state index in [1.807, 2.05) is 21.6 Å². The van der Waals surface area contributed by atoms with Gasteiger partial charge in [-0.1, -0.05) is 86.8 Å². The minimum atomic E-state index is -0.154. The van der Waals surface area contributed by atoms with Crippen molar-refractivity contribution in [1.82, 2.24) is 0 Å². The predicted molar refractivity (Wildman–Crippen MR) is 96.5 cm³/mol. The minimum absolute atomic E-state index is 0.154. The van der Waals surface area contributed by atoms with Gasteiger partial charge in [0.2, 0.25) is 0 Å². The highest BCUT2D eigenvalue weighted by molar-refractivity contribution is 8.76. The molecule has 0 amide bonds. The first kappa shape index (κ1) is 20.6. The zero-order valence-corrected chi connectivity index (χ0v) is 15.5. The second-order valence-electron chi connectivity index (χ2n) is 5.74. The fourth-order valence-corrected chi connectivity index (χ4v) is 5.14. The van der Waals surface area contributed by atoms with Crippen molar-refractivity contribution >= 4 is 21.6 Å². The van der Waals surface area contributed by atoms with E-state index in [1.165, 1.54) is 64.2 Å². The Morgan fingerprint density at radius 2 is 1.35 bits per heavy atom. The lowest BCUT2D eigenvalue weighted by Crippen LogP contribution is -2.18. The van der Waals surface area contributed by atoms with Gasteiger partial charge in [-0.05, 0) is 31.4 Å². The Morgan fingerprint density at radius 3 is 1.75 bits per heavy atom. The fraction of sp³-hybridized carbons (Fsp3) is 1.00. The molecule has 0 aliphatic carbocycles. The van der Waals surface area contributed by atoms with E-state index < -0.39 is 0 Å². The van der Waals surface area contributed by atoms with Gasteiger partial charge in [-0.15, -0.1) is 0 Å². The summed E-state index contributed by atoms with van der Waals surface area (Å²) in [5.74, 6) is 0.733. The average molecular weight is 323 g/mol. The van der Waals surface area contributed by atoms with E-state index in [0.29, 0.717) is 5.25 Å². The molecule has 0 saturated heterocycles. The molecule has 0 N–H and O–H groups in total. The molecular weight excluding hydrogens is 287 g/mol. The number of unbranched alkanes of at least 4 members (excludes halogenated alkanes) is 6. The predicted octanol–water partition coefficient (Wildman–Crippen LogP) is 7.28. The van der Waals surface area contributed by atoms with E-state index in [4.69, 9.17) is 0 Å². The van der Waals surface area contributed by atoms with Gasteiger partial charge >= 0.3 is 0 Å². The zero-order chi connectivity index (χ0) is 15.1. The molecular formula is C17H35FS2. The zero-order valence-electron chi connectivity index (χ0n) is 13.8. The first-order chi connectivity index (χ1) is 9.79. The van der Waals surface area contributed by atoms with Crippen LogP contribution in [0.5, 0.6) is 0 Å². The summed E-state index contributed by atoms with van der Waals surface area (Å²) in [6.07, 6.45) is 16.2. The molecule has 0 radical (unpaired) electrons. The molecule has 0 nitrogen and oxygen atoms in total. The lowest BCUT2D eigenvalue weighted by atomic mass is 9.90. The monoisotopic (exact) mass is 322 g/mol. The Hall–Kier alpha value is 0.630. The molecule has 1 unspecified atom stereocenters. The standard InChI is InChI=1S/C17H35FS2/c1-4-6-8-10-12-16(13-11-9-7-5-2)17(14-15-18)20-19-3/h16-17H,4-15H2,1-3H3. The summed E-state index contributed by atoms with van der Waals surface area (Å²) < 4.78 is 12.8. The van der Waals surface area contributed by atoms with Gasteiger partial charge in [-0.2, -0.15) is 0 Å². The molecule has 20 heavy (non-hydrogen) atoms. The lowest BCUT2D eigenvalue weighted by molar-refractivity contribution is 0.359. The second-order valence-corrected chi connectivity index (χ2v) is 8.45. The van der Waals surface area contributed by atoms with E-state index in [-0.39, 0.29) is 6.67 Å². The number of rotatable bonds is 15. The molecule has 0 aliphatic heterocycles. The van der Waals surface area contributed by atoms with Crippen molar-refractivity contribution in [2.24, 2.45) is 5.92 Å². The molecule has 0 fully saturated rings. The highest BCUT2D eigenvalue weighted by Crippen LogP contribution is 2.36. The van der Waals surface area contributed by atoms with Crippen LogP contribution >= 0.6 is 21.6 Å². The summed E-state index contributed by atoms with van der Waals surface area (Å²) >= 11 is 0. The van der Waals surface area contributed by atoms with Gasteiger partial charge in [0.1, 0.15) is 0 Å². The summed E-state index contributed by atoms with van der Waals surface area (Å²) in [4.78, 5) is 0. The van der Waals surface area contributed by atoms with Crippen LogP contribution < -0.4 is 0 Å². The number of hydrogen-bond acceptors (Lipinski definition) is 2. The topological polar surface area (TPSA) is 0 Å². The molecule has 0 heterocycles. The Balaban J connectivity index is 4.17. The Morgan fingerprint density at radius 1 is 0.800 bits per heavy atom.